The standard InChI is InChI=1S/C17H21N3O5S/c1-4-11-10(3)26-15(14(11)17(24)25-5-2)18-13(21)7-9-20-8-6-12(19-20)16(22)23/h6,8H,4-5,7,9H2,1-3H3,(H,18,21)(H,22,23). The SMILES string of the molecule is CCOC(=O)c1c(NC(=O)CCn2ccc(C(=O)O)n2)sc(C)c1CC. The van der Waals surface area contributed by atoms with Crippen LogP contribution in [0, 0.1) is 6.92 Å². The highest BCUT2D eigenvalue weighted by atomic mass is 32.1. The van der Waals surface area contributed by atoms with E-state index in [0.29, 0.717) is 17.0 Å². The summed E-state index contributed by atoms with van der Waals surface area (Å²) in [5, 5.41) is 16.0. The van der Waals surface area contributed by atoms with Gasteiger partial charge in [-0.1, -0.05) is 6.92 Å². The van der Waals surface area contributed by atoms with Gasteiger partial charge in [-0.15, -0.1) is 11.3 Å². The molecule has 2 heterocycles. The Morgan fingerprint density at radius 3 is 2.65 bits per heavy atom. The molecule has 2 N–H and O–H groups in total. The molecule has 0 atom stereocenters. The molecule has 0 fully saturated rings. The first-order chi connectivity index (χ1) is 12.4. The van der Waals surface area contributed by atoms with E-state index in [0.717, 1.165) is 10.4 Å². The zero-order chi connectivity index (χ0) is 19.3. The van der Waals surface area contributed by atoms with Crippen LogP contribution in [-0.2, 0) is 22.5 Å². The number of aryl methyl sites for hydroxylation is 2. The van der Waals surface area contributed by atoms with E-state index in [4.69, 9.17) is 9.84 Å². The van der Waals surface area contributed by atoms with Crippen LogP contribution in [0.1, 0.15) is 51.6 Å². The van der Waals surface area contributed by atoms with Crippen molar-refractivity contribution in [3.8, 4) is 0 Å². The summed E-state index contributed by atoms with van der Waals surface area (Å²) in [5.74, 6) is -1.84. The average Bonchev–Trinajstić information content (AvgIpc) is 3.17. The fourth-order valence-corrected chi connectivity index (χ4v) is 3.67. The number of ether oxygens (including phenoxy) is 1. The zero-order valence-electron chi connectivity index (χ0n) is 14.9. The third-order valence-corrected chi connectivity index (χ3v) is 4.79. The number of hydrogen-bond acceptors (Lipinski definition) is 6. The number of carboxylic acids is 1. The number of esters is 1. The normalized spacial score (nSPS) is 10.6. The molecule has 0 spiro atoms. The fourth-order valence-electron chi connectivity index (χ4n) is 2.52. The minimum Gasteiger partial charge on any atom is -0.476 e. The minimum absolute atomic E-state index is 0.0727. The Morgan fingerprint density at radius 2 is 2.08 bits per heavy atom. The fraction of sp³-hybridized carbons (Fsp3) is 0.412. The van der Waals surface area contributed by atoms with E-state index in [1.165, 1.54) is 28.3 Å². The van der Waals surface area contributed by atoms with Gasteiger partial charge < -0.3 is 15.2 Å². The van der Waals surface area contributed by atoms with Crippen molar-refractivity contribution < 1.29 is 24.2 Å². The third-order valence-electron chi connectivity index (χ3n) is 3.72. The van der Waals surface area contributed by atoms with Crippen LogP contribution in [0.5, 0.6) is 0 Å². The summed E-state index contributed by atoms with van der Waals surface area (Å²) in [5.41, 5.74) is 1.22. The molecular formula is C17H21N3O5S. The van der Waals surface area contributed by atoms with Gasteiger partial charge in [-0.25, -0.2) is 9.59 Å². The van der Waals surface area contributed by atoms with E-state index >= 15 is 0 Å². The monoisotopic (exact) mass is 379 g/mol. The summed E-state index contributed by atoms with van der Waals surface area (Å²) in [6, 6.07) is 1.37. The van der Waals surface area contributed by atoms with Gasteiger partial charge in [-0.05, 0) is 31.9 Å². The summed E-state index contributed by atoms with van der Waals surface area (Å²) in [7, 11) is 0. The van der Waals surface area contributed by atoms with Crippen molar-refractivity contribution in [3.63, 3.8) is 0 Å². The first-order valence-electron chi connectivity index (χ1n) is 8.23. The molecule has 0 aromatic carbocycles. The van der Waals surface area contributed by atoms with Crippen molar-refractivity contribution in [1.29, 1.82) is 0 Å². The molecule has 0 radical (unpaired) electrons. The highest BCUT2D eigenvalue weighted by Gasteiger charge is 2.23. The first-order valence-corrected chi connectivity index (χ1v) is 9.04. The number of aromatic carboxylic acids is 1. The van der Waals surface area contributed by atoms with Crippen molar-refractivity contribution >= 4 is 34.2 Å². The molecule has 0 saturated heterocycles. The molecule has 8 nitrogen and oxygen atoms in total. The number of hydrogen-bond donors (Lipinski definition) is 2. The molecule has 26 heavy (non-hydrogen) atoms. The Labute approximate surface area is 154 Å². The molecule has 2 aromatic rings. The largest absolute Gasteiger partial charge is 0.476 e. The molecular weight excluding hydrogens is 358 g/mol. The second kappa shape index (κ2) is 8.61. The minimum atomic E-state index is -1.12. The molecule has 0 unspecified atom stereocenters. The Hall–Kier alpha value is -2.68. The van der Waals surface area contributed by atoms with Crippen LogP contribution >= 0.6 is 11.3 Å². The summed E-state index contributed by atoms with van der Waals surface area (Å²) >= 11 is 1.34. The highest BCUT2D eigenvalue weighted by molar-refractivity contribution is 7.16. The smallest absolute Gasteiger partial charge is 0.356 e. The van der Waals surface area contributed by atoms with Gasteiger partial charge in [0.2, 0.25) is 5.91 Å². The van der Waals surface area contributed by atoms with Gasteiger partial charge in [-0.2, -0.15) is 5.10 Å². The summed E-state index contributed by atoms with van der Waals surface area (Å²) in [4.78, 5) is 36.3. The summed E-state index contributed by atoms with van der Waals surface area (Å²) in [6.45, 7) is 6.07. The molecule has 9 heteroatoms. The van der Waals surface area contributed by atoms with Crippen LogP contribution in [0.25, 0.3) is 0 Å². The van der Waals surface area contributed by atoms with Crippen LogP contribution < -0.4 is 5.32 Å². The van der Waals surface area contributed by atoms with E-state index in [9.17, 15) is 14.4 Å². The van der Waals surface area contributed by atoms with Gasteiger partial charge in [0.25, 0.3) is 0 Å². The number of aromatic nitrogens is 2. The van der Waals surface area contributed by atoms with Crippen LogP contribution in [-0.4, -0.2) is 39.3 Å². The van der Waals surface area contributed by atoms with E-state index < -0.39 is 11.9 Å². The Morgan fingerprint density at radius 1 is 1.35 bits per heavy atom. The molecule has 1 amide bonds. The van der Waals surface area contributed by atoms with Crippen molar-refractivity contribution in [2.75, 3.05) is 11.9 Å². The lowest BCUT2D eigenvalue weighted by atomic mass is 10.1. The maximum Gasteiger partial charge on any atom is 0.356 e. The van der Waals surface area contributed by atoms with Gasteiger partial charge in [0.15, 0.2) is 5.69 Å². The van der Waals surface area contributed by atoms with E-state index in [-0.39, 0.29) is 31.2 Å². The number of rotatable bonds is 8. The Bertz CT molecular complexity index is 824. The van der Waals surface area contributed by atoms with Crippen LogP contribution in [0.2, 0.25) is 0 Å². The second-order valence-corrected chi connectivity index (χ2v) is 6.71. The zero-order valence-corrected chi connectivity index (χ0v) is 15.7. The molecule has 0 aliphatic rings. The maximum absolute atomic E-state index is 12.3. The van der Waals surface area contributed by atoms with Gasteiger partial charge in [0.05, 0.1) is 12.2 Å². The number of carboxylic acid groups (broad SMARTS) is 1. The number of nitrogens with zero attached hydrogens (tertiary/aromatic N) is 2. The van der Waals surface area contributed by atoms with Crippen molar-refractivity contribution in [3.05, 3.63) is 34.0 Å². The molecule has 0 aliphatic heterocycles. The predicted octanol–water partition coefficient (Wildman–Crippen LogP) is 2.72. The van der Waals surface area contributed by atoms with Crippen molar-refractivity contribution in [1.82, 2.24) is 9.78 Å². The Balaban J connectivity index is 2.08. The molecule has 0 saturated carbocycles. The lowest BCUT2D eigenvalue weighted by Crippen LogP contribution is -2.17. The van der Waals surface area contributed by atoms with Crippen molar-refractivity contribution in [2.24, 2.45) is 0 Å². The number of nitrogens with one attached hydrogen (secondary N) is 1. The molecule has 140 valence electrons. The number of amides is 1. The number of anilines is 1. The number of carbonyl (C=O) groups is 3. The average molecular weight is 379 g/mol. The van der Waals surface area contributed by atoms with Gasteiger partial charge in [0, 0.05) is 24.0 Å². The Kier molecular flexibility index (Phi) is 6.51. The third kappa shape index (κ3) is 4.48. The highest BCUT2D eigenvalue weighted by Crippen LogP contribution is 2.34. The van der Waals surface area contributed by atoms with Crippen molar-refractivity contribution in [2.45, 2.75) is 40.2 Å². The van der Waals surface area contributed by atoms with Gasteiger partial charge >= 0.3 is 11.9 Å². The lowest BCUT2D eigenvalue weighted by molar-refractivity contribution is -0.116. The topological polar surface area (TPSA) is 111 Å². The number of carbonyl (C=O) groups excluding carboxylic acids is 2. The lowest BCUT2D eigenvalue weighted by Gasteiger charge is -2.08. The first kappa shape index (κ1) is 19.6. The second-order valence-electron chi connectivity index (χ2n) is 5.48. The predicted molar refractivity (Wildman–Crippen MR) is 96.8 cm³/mol. The van der Waals surface area contributed by atoms with E-state index in [1.54, 1.807) is 6.92 Å². The van der Waals surface area contributed by atoms with Crippen LogP contribution in [0.3, 0.4) is 0 Å². The molecule has 0 aliphatic carbocycles. The molecule has 2 rings (SSSR count). The van der Waals surface area contributed by atoms with Crippen LogP contribution in [0.15, 0.2) is 12.3 Å². The van der Waals surface area contributed by atoms with Gasteiger partial charge in [-0.3, -0.25) is 9.48 Å². The van der Waals surface area contributed by atoms with E-state index in [2.05, 4.69) is 10.4 Å². The molecule has 0 bridgehead atoms. The summed E-state index contributed by atoms with van der Waals surface area (Å²) < 4.78 is 6.50. The maximum atomic E-state index is 12.3. The summed E-state index contributed by atoms with van der Waals surface area (Å²) in [6.07, 6.45) is 2.27. The van der Waals surface area contributed by atoms with E-state index in [1.807, 2.05) is 13.8 Å². The quantitative estimate of drug-likeness (QED) is 0.682. The molecule has 2 aromatic heterocycles. The van der Waals surface area contributed by atoms with Gasteiger partial charge in [0.1, 0.15) is 5.00 Å². The van der Waals surface area contributed by atoms with Crippen LogP contribution in [0.4, 0.5) is 5.00 Å². The number of thiophene rings is 1.